The van der Waals surface area contributed by atoms with E-state index in [1.165, 1.54) is 0 Å². The number of aromatic nitrogens is 18. The average Bonchev–Trinajstić information content (AvgIpc) is 0.808. The van der Waals surface area contributed by atoms with Crippen LogP contribution in [0.4, 0.5) is 0 Å². The number of carbonyl (C=O) groups is 1. The first-order chi connectivity index (χ1) is 46.4. The van der Waals surface area contributed by atoms with E-state index in [-0.39, 0.29) is 29.5 Å². The molecule has 20 nitrogen and oxygen atoms in total. The molecule has 0 bridgehead atoms. The van der Waals surface area contributed by atoms with E-state index in [1.54, 1.807) is 26.8 Å². The van der Waals surface area contributed by atoms with Gasteiger partial charge in [0, 0.05) is 11.8 Å². The average molecular weight is 3770 g/mol. The molecule has 0 saturated carbocycles. The van der Waals surface area contributed by atoms with E-state index >= 15 is 0 Å². The van der Waals surface area contributed by atoms with E-state index in [2.05, 4.69) is 670 Å². The zero-order chi connectivity index (χ0) is 81.1. The third kappa shape index (κ3) is 42.0. The van der Waals surface area contributed by atoms with Crippen molar-refractivity contribution in [2.24, 2.45) is 0 Å². The Kier molecular flexibility index (Phi) is 48.7. The van der Waals surface area contributed by atoms with Gasteiger partial charge in [-0.2, -0.15) is 0 Å². The summed E-state index contributed by atoms with van der Waals surface area (Å²) in [4.78, 5) is 88.7. The molecule has 6 aromatic heterocycles. The first kappa shape index (κ1) is 110. The van der Waals surface area contributed by atoms with E-state index in [9.17, 15) is 4.79 Å². The highest BCUT2D eigenvalue weighted by molar-refractivity contribution is 9.43. The van der Waals surface area contributed by atoms with Crippen LogP contribution in [0.15, 0.2) is 36.9 Å². The maximum atomic E-state index is 11.7. The third-order valence-corrected chi connectivity index (χ3v) is 22.4. The lowest BCUT2D eigenvalue weighted by atomic mass is 9.96. The van der Waals surface area contributed by atoms with E-state index in [4.69, 9.17) is 4.74 Å². The van der Waals surface area contributed by atoms with Crippen LogP contribution < -0.4 is 0 Å². The molecule has 0 aliphatic rings. The first-order valence-corrected chi connectivity index (χ1v) is 54.1. The molecule has 7 aromatic rings. The molecular weight excluding hydrogens is 3740 g/mol. The lowest BCUT2D eigenvalue weighted by Crippen LogP contribution is -2.23. The fourth-order valence-corrected chi connectivity index (χ4v) is 12.0. The van der Waals surface area contributed by atoms with Crippen molar-refractivity contribution in [3.05, 3.63) is 147 Å². The molecule has 0 amide bonds. The predicted molar refractivity (Wildman–Crippen MR) is 544 cm³/mol. The molecule has 0 N–H and O–H groups in total. The molecule has 7 rings (SSSR count). The lowest BCUT2D eigenvalue weighted by Gasteiger charge is -2.22. The van der Waals surface area contributed by atoms with Gasteiger partial charge >= 0.3 is 5.97 Å². The molecule has 0 aliphatic heterocycles. The quantitative estimate of drug-likeness (QED) is 0.115. The largest absolute Gasteiger partial charge is 0.460 e. The number of nitrogens with zero attached hydrogens (tertiary/aromatic N) is 18. The summed E-state index contributed by atoms with van der Waals surface area (Å²) in [6.07, 6.45) is 2.17. The molecular formula is C48H30Br36N18O2. The highest BCUT2D eigenvalue weighted by Crippen LogP contribution is 2.52. The number of rotatable bonds is 5. The molecule has 0 aliphatic carbocycles. The lowest BCUT2D eigenvalue weighted by molar-refractivity contribution is 0.0510. The second kappa shape index (κ2) is 46.1. The van der Waals surface area contributed by atoms with Crippen LogP contribution in [0.5, 0.6) is 0 Å². The molecule has 0 radical (unpaired) electrons. The topological polar surface area (TPSA) is 258 Å². The van der Waals surface area contributed by atoms with Gasteiger partial charge in [0.2, 0.25) is 5.82 Å². The van der Waals surface area contributed by atoms with Crippen molar-refractivity contribution in [1.82, 2.24) is 89.7 Å². The molecule has 0 spiro atoms. The van der Waals surface area contributed by atoms with Crippen LogP contribution in [-0.2, 0) is 42.3 Å². The maximum Gasteiger partial charge on any atom is 0.376 e. The summed E-state index contributed by atoms with van der Waals surface area (Å²) < 4.78 is -3.59. The summed E-state index contributed by atoms with van der Waals surface area (Å²) in [6.45, 7) is 15.3. The number of aryl methyl sites for hydroxylation is 2. The Bertz CT molecular complexity index is 3710. The Morgan fingerprint density at radius 1 is 0.327 bits per heavy atom. The molecule has 6 heterocycles. The van der Waals surface area contributed by atoms with E-state index in [0.717, 1.165) is 5.56 Å². The van der Waals surface area contributed by atoms with Gasteiger partial charge in [0.25, 0.3) is 0 Å². The van der Waals surface area contributed by atoms with Gasteiger partial charge in [-0.15, -0.1) is 0 Å². The van der Waals surface area contributed by atoms with E-state index in [0.29, 0.717) is 93.8 Å². The third-order valence-electron chi connectivity index (χ3n) is 9.66. The fourth-order valence-electron chi connectivity index (χ4n) is 5.62. The van der Waals surface area contributed by atoms with Crippen LogP contribution in [0.2, 0.25) is 0 Å². The van der Waals surface area contributed by atoms with Crippen LogP contribution in [0.25, 0.3) is 6.08 Å². The number of hydrogen-bond donors (Lipinski definition) is 0. The van der Waals surface area contributed by atoms with Crippen LogP contribution in [0.3, 0.4) is 0 Å². The SMILES string of the molecule is BrC(Br)(Br)c1nc(Cc2ccccc2)nc(C(Br)(Br)Br)n1.C=Cc1nc(C(Br)(Br)Br)nc(C(Br)(Br)Br)n1.CC(C)(C)c1nc(C(Br)(Br)Br)nc(C(Br)(Br)Br)n1.CCOC(=O)c1nc(C(Br)(Br)Br)nc(C(Br)(Br)Br)n1.Cc1nc(C(Br)(Br)Br)nc(C(Br)(Br)Br)n1.Cc1nc(C(Br)(Br)Br)nc(C(Br)(Br)Br)n1. The van der Waals surface area contributed by atoms with E-state index < -0.39 is 31.7 Å². The summed E-state index contributed by atoms with van der Waals surface area (Å²) in [7, 11) is 0. The zero-order valence-electron chi connectivity index (χ0n) is 50.6. The summed E-state index contributed by atoms with van der Waals surface area (Å²) in [5.41, 5.74) is 0.956. The Labute approximate surface area is 899 Å². The van der Waals surface area contributed by atoms with Gasteiger partial charge in [-0.1, -0.05) is 631 Å². The van der Waals surface area contributed by atoms with Crippen LogP contribution >= 0.6 is 573 Å². The molecule has 0 saturated heterocycles. The number of hydrogen-bond acceptors (Lipinski definition) is 20. The minimum absolute atomic E-state index is 0.0905. The Hall–Kier alpha value is 9.77. The van der Waals surface area contributed by atoms with Gasteiger partial charge in [-0.25, -0.2) is 94.5 Å². The molecule has 104 heavy (non-hydrogen) atoms. The Morgan fingerprint density at radius 3 is 0.760 bits per heavy atom. The standard InChI is InChI=1S/C12H7Br6N3.C9H9Br6N3.C8H5Br6N3O2.C7H3Br6N3.2C6H3Br6N3/c13-11(14,15)9-19-8(6-7-4-2-1-3-5-7)20-10(21-9)12(16,17)18;1-7(2,3)4-16-5(8(10,11)12)18-6(17-4)9(13,14)15;1-2-19-4(18)3-15-5(7(9,10)11)17-6(16-3)8(12,13)14;1-2-3-14-4(6(8,9)10)16-5(15-3)7(11,12)13;2*1-2-13-3(5(7,8)9)15-4(14-2)6(10,11)12/h1-5H,6H2;1-3H3;2H2,1H3;2H,1H2;2*1H3. The molecule has 0 fully saturated rings. The number of benzene rings is 1. The highest BCUT2D eigenvalue weighted by Gasteiger charge is 2.39. The predicted octanol–water partition coefficient (Wildman–Crippen LogP) is 31.1. The fraction of sp³-hybridized carbons (Fsp3) is 0.438. The van der Waals surface area contributed by atoms with Crippen molar-refractivity contribution in [2.75, 3.05) is 6.61 Å². The minimum Gasteiger partial charge on any atom is -0.460 e. The number of carbonyl (C=O) groups excluding carboxylic acids is 1. The molecule has 1 aromatic carbocycles. The highest BCUT2D eigenvalue weighted by atomic mass is 80.0. The van der Waals surface area contributed by atoms with Crippen molar-refractivity contribution < 1.29 is 9.53 Å². The zero-order valence-corrected chi connectivity index (χ0v) is 108. The summed E-state index contributed by atoms with van der Waals surface area (Å²) in [6, 6.07) is 10.0. The number of ether oxygens (including phenoxy) is 1. The van der Waals surface area contributed by atoms with E-state index in [1.807, 2.05) is 51.1 Å². The smallest absolute Gasteiger partial charge is 0.376 e. The summed E-state index contributed by atoms with van der Waals surface area (Å²) in [5.74, 6) is 8.17. The molecule has 56 heteroatoms. The maximum absolute atomic E-state index is 11.7. The number of halogens is 36. The van der Waals surface area contributed by atoms with Crippen molar-refractivity contribution in [3.8, 4) is 0 Å². The van der Waals surface area contributed by atoms with Crippen LogP contribution in [-0.4, -0.2) is 102 Å². The molecule has 576 valence electrons. The Balaban J connectivity index is 0.000000426. The van der Waals surface area contributed by atoms with Crippen LogP contribution in [0.1, 0.15) is 143 Å². The number of esters is 1. The monoisotopic (exact) mass is 3730 g/mol. The Morgan fingerprint density at radius 2 is 0.538 bits per heavy atom. The van der Waals surface area contributed by atoms with Gasteiger partial charge in [0.15, 0.2) is 101 Å². The molecule has 0 unspecified atom stereocenters. The summed E-state index contributed by atoms with van der Waals surface area (Å²) in [5, 5.41) is 0. The van der Waals surface area contributed by atoms with Crippen molar-refractivity contribution in [2.45, 2.75) is 79.1 Å². The normalized spacial score (nSPS) is 12.9. The van der Waals surface area contributed by atoms with Crippen molar-refractivity contribution >= 4 is 586 Å². The van der Waals surface area contributed by atoms with Gasteiger partial charge in [-0.3, -0.25) is 0 Å². The van der Waals surface area contributed by atoms with Gasteiger partial charge in [0.1, 0.15) is 23.3 Å². The van der Waals surface area contributed by atoms with Crippen LogP contribution in [0, 0.1) is 13.8 Å². The summed E-state index contributed by atoms with van der Waals surface area (Å²) >= 11 is 121. The van der Waals surface area contributed by atoms with Gasteiger partial charge in [0.05, 0.1) is 6.61 Å². The first-order valence-electron chi connectivity index (χ1n) is 25.6. The second-order valence-corrected chi connectivity index (χ2v) is 100. The van der Waals surface area contributed by atoms with Gasteiger partial charge in [-0.05, 0) is 32.4 Å². The van der Waals surface area contributed by atoms with Crippen molar-refractivity contribution in [3.63, 3.8) is 0 Å². The molecule has 0 atom stereocenters. The number of alkyl halides is 36. The van der Waals surface area contributed by atoms with Crippen molar-refractivity contribution in [1.29, 1.82) is 0 Å². The second-order valence-electron chi connectivity index (χ2n) is 19.2. The van der Waals surface area contributed by atoms with Gasteiger partial charge < -0.3 is 4.74 Å². The minimum atomic E-state index is -0.871.